The molecule has 0 radical (unpaired) electrons. The van der Waals surface area contributed by atoms with E-state index in [4.69, 9.17) is 0 Å². The molecule has 0 spiro atoms. The summed E-state index contributed by atoms with van der Waals surface area (Å²) in [4.78, 5) is 15.9. The normalized spacial score (nSPS) is 15.3. The van der Waals surface area contributed by atoms with Gasteiger partial charge in [0.15, 0.2) is 9.84 Å². The monoisotopic (exact) mass is 382 g/mol. The van der Waals surface area contributed by atoms with Crippen LogP contribution in [-0.2, 0) is 21.1 Å². The molecule has 1 aliphatic carbocycles. The van der Waals surface area contributed by atoms with Crippen molar-refractivity contribution < 1.29 is 13.2 Å². The Kier molecular flexibility index (Phi) is 4.74. The van der Waals surface area contributed by atoms with Gasteiger partial charge in [-0.25, -0.2) is 8.42 Å². The molecule has 1 aromatic heterocycles. The zero-order chi connectivity index (χ0) is 18.9. The average Bonchev–Trinajstić information content (AvgIpc) is 3.33. The highest BCUT2D eigenvalue weighted by molar-refractivity contribution is 7.92. The van der Waals surface area contributed by atoms with Crippen LogP contribution in [0, 0.1) is 0 Å². The van der Waals surface area contributed by atoms with E-state index in [0.717, 1.165) is 42.1 Å². The van der Waals surface area contributed by atoms with Gasteiger partial charge in [-0.3, -0.25) is 4.79 Å². The van der Waals surface area contributed by atoms with Crippen LogP contribution in [0.25, 0.3) is 10.9 Å². The lowest BCUT2D eigenvalue weighted by atomic mass is 10.1. The Balaban J connectivity index is 1.44. The van der Waals surface area contributed by atoms with E-state index in [1.807, 2.05) is 30.5 Å². The lowest BCUT2D eigenvalue weighted by molar-refractivity contribution is -0.115. The number of sulfone groups is 1. The largest absolute Gasteiger partial charge is 0.361 e. The maximum Gasteiger partial charge on any atom is 0.228 e. The van der Waals surface area contributed by atoms with E-state index in [0.29, 0.717) is 10.6 Å². The molecule has 0 bridgehead atoms. The predicted molar refractivity (Wildman–Crippen MR) is 107 cm³/mol. The van der Waals surface area contributed by atoms with Crippen LogP contribution in [0.15, 0.2) is 59.6 Å². The van der Waals surface area contributed by atoms with Gasteiger partial charge >= 0.3 is 0 Å². The Hall–Kier alpha value is -2.60. The van der Waals surface area contributed by atoms with Crippen molar-refractivity contribution in [3.8, 4) is 0 Å². The second-order valence-electron chi connectivity index (χ2n) is 7.06. The van der Waals surface area contributed by atoms with Gasteiger partial charge in [-0.05, 0) is 48.7 Å². The van der Waals surface area contributed by atoms with Crippen LogP contribution in [0.4, 0.5) is 5.69 Å². The number of rotatable bonds is 5. The van der Waals surface area contributed by atoms with Crippen molar-refractivity contribution >= 4 is 32.3 Å². The van der Waals surface area contributed by atoms with Gasteiger partial charge < -0.3 is 10.3 Å². The number of aromatic nitrogens is 1. The lowest BCUT2D eigenvalue weighted by Gasteiger charge is -2.12. The molecule has 5 nitrogen and oxygen atoms in total. The minimum Gasteiger partial charge on any atom is -0.361 e. The van der Waals surface area contributed by atoms with Crippen molar-refractivity contribution in [3.05, 3.63) is 60.3 Å². The number of carbonyl (C=O) groups excluding carboxylic acids is 1. The van der Waals surface area contributed by atoms with Crippen molar-refractivity contribution in [1.29, 1.82) is 0 Å². The summed E-state index contributed by atoms with van der Waals surface area (Å²) < 4.78 is 25.2. The van der Waals surface area contributed by atoms with Crippen molar-refractivity contribution in [2.75, 3.05) is 5.32 Å². The number of H-pyrrole nitrogens is 1. The zero-order valence-electron chi connectivity index (χ0n) is 14.9. The fourth-order valence-electron chi connectivity index (χ4n) is 3.78. The zero-order valence-corrected chi connectivity index (χ0v) is 15.8. The van der Waals surface area contributed by atoms with Gasteiger partial charge in [0.05, 0.1) is 16.6 Å². The fourth-order valence-corrected chi connectivity index (χ4v) is 5.63. The number of anilines is 1. The minimum absolute atomic E-state index is 0.133. The van der Waals surface area contributed by atoms with Gasteiger partial charge in [0, 0.05) is 22.8 Å². The van der Waals surface area contributed by atoms with Crippen molar-refractivity contribution in [2.24, 2.45) is 0 Å². The fraction of sp³-hybridized carbons (Fsp3) is 0.286. The summed E-state index contributed by atoms with van der Waals surface area (Å²) in [6.45, 7) is 0. The van der Waals surface area contributed by atoms with Gasteiger partial charge in [0.2, 0.25) is 5.91 Å². The Morgan fingerprint density at radius 2 is 1.74 bits per heavy atom. The summed E-state index contributed by atoms with van der Waals surface area (Å²) in [5.41, 5.74) is 2.54. The highest BCUT2D eigenvalue weighted by atomic mass is 32.2. The maximum atomic E-state index is 12.6. The number of carbonyl (C=O) groups is 1. The standard InChI is InChI=1S/C21H22N2O3S/c24-21(13-15-14-22-20-8-4-3-7-19(15)20)23-16-9-11-18(12-10-16)27(25,26)17-5-1-2-6-17/h3-4,7-12,14,17,22H,1-2,5-6,13H2,(H,23,24). The van der Waals surface area contributed by atoms with Crippen LogP contribution in [0.3, 0.4) is 0 Å². The van der Waals surface area contributed by atoms with E-state index < -0.39 is 9.84 Å². The predicted octanol–water partition coefficient (Wildman–Crippen LogP) is 4.07. The van der Waals surface area contributed by atoms with Crippen LogP contribution in [0.5, 0.6) is 0 Å². The lowest BCUT2D eigenvalue weighted by Crippen LogP contribution is -2.18. The quantitative estimate of drug-likeness (QED) is 0.698. The van der Waals surface area contributed by atoms with Crippen molar-refractivity contribution in [3.63, 3.8) is 0 Å². The topological polar surface area (TPSA) is 79.0 Å². The molecule has 4 rings (SSSR count). The molecule has 1 heterocycles. The summed E-state index contributed by atoms with van der Waals surface area (Å²) in [7, 11) is -3.27. The summed E-state index contributed by atoms with van der Waals surface area (Å²) in [6, 6.07) is 14.4. The van der Waals surface area contributed by atoms with E-state index in [1.165, 1.54) is 0 Å². The van der Waals surface area contributed by atoms with Gasteiger partial charge in [0.25, 0.3) is 0 Å². The van der Waals surface area contributed by atoms with Crippen LogP contribution in [-0.4, -0.2) is 24.6 Å². The second-order valence-corrected chi connectivity index (χ2v) is 9.29. The number of nitrogens with one attached hydrogen (secondary N) is 2. The van der Waals surface area contributed by atoms with Crippen LogP contribution in [0.2, 0.25) is 0 Å². The molecule has 1 amide bonds. The van der Waals surface area contributed by atoms with Gasteiger partial charge in [-0.2, -0.15) is 0 Å². The molecule has 2 aromatic carbocycles. The molecule has 27 heavy (non-hydrogen) atoms. The number of fused-ring (bicyclic) bond motifs is 1. The van der Waals surface area contributed by atoms with Crippen LogP contribution in [0.1, 0.15) is 31.2 Å². The Morgan fingerprint density at radius 1 is 1.04 bits per heavy atom. The Labute approximate surface area is 158 Å². The molecule has 3 aromatic rings. The highest BCUT2D eigenvalue weighted by Crippen LogP contribution is 2.30. The van der Waals surface area contributed by atoms with Crippen molar-refractivity contribution in [2.45, 2.75) is 42.2 Å². The summed E-state index contributed by atoms with van der Waals surface area (Å²) >= 11 is 0. The van der Waals surface area contributed by atoms with Gasteiger partial charge in [-0.15, -0.1) is 0 Å². The van der Waals surface area contributed by atoms with Crippen LogP contribution >= 0.6 is 0 Å². The molecule has 140 valence electrons. The third-order valence-electron chi connectivity index (χ3n) is 5.23. The van der Waals surface area contributed by atoms with Crippen molar-refractivity contribution in [1.82, 2.24) is 4.98 Å². The number of benzene rings is 2. The molecule has 0 unspecified atom stereocenters. The highest BCUT2D eigenvalue weighted by Gasteiger charge is 2.30. The van der Waals surface area contributed by atoms with Crippen LogP contribution < -0.4 is 5.32 Å². The SMILES string of the molecule is O=C(Cc1c[nH]c2ccccc12)Nc1ccc(S(=O)(=O)C2CCCC2)cc1. The number of hydrogen-bond donors (Lipinski definition) is 2. The molecule has 2 N–H and O–H groups in total. The molecule has 1 aliphatic rings. The van der Waals surface area contributed by atoms with E-state index in [1.54, 1.807) is 24.3 Å². The summed E-state index contributed by atoms with van der Waals surface area (Å²) in [5.74, 6) is -0.133. The minimum atomic E-state index is -3.27. The van der Waals surface area contributed by atoms with Gasteiger partial charge in [0.1, 0.15) is 0 Å². The van der Waals surface area contributed by atoms with E-state index in [-0.39, 0.29) is 17.6 Å². The number of amides is 1. The first-order chi connectivity index (χ1) is 13.0. The first-order valence-electron chi connectivity index (χ1n) is 9.23. The average molecular weight is 382 g/mol. The third kappa shape index (κ3) is 3.62. The maximum absolute atomic E-state index is 12.6. The van der Waals surface area contributed by atoms with Gasteiger partial charge in [-0.1, -0.05) is 31.0 Å². The Morgan fingerprint density at radius 3 is 2.48 bits per heavy atom. The molecular weight excluding hydrogens is 360 g/mol. The third-order valence-corrected chi connectivity index (χ3v) is 7.51. The first kappa shape index (κ1) is 17.8. The smallest absolute Gasteiger partial charge is 0.228 e. The van der Waals surface area contributed by atoms with E-state index in [2.05, 4.69) is 10.3 Å². The summed E-state index contributed by atoms with van der Waals surface area (Å²) in [5, 5.41) is 3.61. The molecule has 1 fully saturated rings. The molecule has 0 aliphatic heterocycles. The molecule has 6 heteroatoms. The molecule has 0 atom stereocenters. The molecular formula is C21H22N2O3S. The number of aromatic amines is 1. The molecule has 1 saturated carbocycles. The summed E-state index contributed by atoms with van der Waals surface area (Å²) in [6.07, 6.45) is 5.54. The number of hydrogen-bond acceptors (Lipinski definition) is 3. The second kappa shape index (κ2) is 7.19. The van der Waals surface area contributed by atoms with E-state index >= 15 is 0 Å². The Bertz CT molecular complexity index is 1060. The molecule has 0 saturated heterocycles. The first-order valence-corrected chi connectivity index (χ1v) is 10.8. The number of para-hydroxylation sites is 1. The van der Waals surface area contributed by atoms with E-state index in [9.17, 15) is 13.2 Å².